The molecule has 0 amide bonds. The Morgan fingerprint density at radius 3 is 2.32 bits per heavy atom. The van der Waals surface area contributed by atoms with Crippen LogP contribution in [0.5, 0.6) is 5.75 Å². The van der Waals surface area contributed by atoms with Gasteiger partial charge in [-0.3, -0.25) is 10.2 Å². The highest BCUT2D eigenvalue weighted by atomic mass is 32.2. The molecule has 0 aliphatic heterocycles. The van der Waals surface area contributed by atoms with E-state index in [0.717, 1.165) is 0 Å². The number of benzene rings is 2. The van der Waals surface area contributed by atoms with Gasteiger partial charge in [0.2, 0.25) is 10.0 Å². The molecule has 12 heteroatoms. The van der Waals surface area contributed by atoms with Crippen LogP contribution in [0.2, 0.25) is 0 Å². The zero-order valence-corrected chi connectivity index (χ0v) is 17.0. The molecule has 2 rings (SSSR count). The van der Waals surface area contributed by atoms with Crippen molar-refractivity contribution in [3.63, 3.8) is 0 Å². The monoisotopic (exact) mass is 451 g/mol. The molecule has 0 atom stereocenters. The van der Waals surface area contributed by atoms with Crippen LogP contribution in [0, 0.1) is 5.41 Å². The van der Waals surface area contributed by atoms with Crippen molar-refractivity contribution in [1.29, 1.82) is 5.41 Å². The van der Waals surface area contributed by atoms with Crippen molar-refractivity contribution in [3.05, 3.63) is 59.2 Å². The van der Waals surface area contributed by atoms with Gasteiger partial charge in [-0.1, -0.05) is 12.1 Å². The SMILES string of the molecule is N=C(N)c1ccc(S(=O)(=O)NCCc2ccc(OOCC(=O)O)c(CC(=O)O)c2)cc1. The van der Waals surface area contributed by atoms with E-state index in [9.17, 15) is 18.0 Å². The van der Waals surface area contributed by atoms with Gasteiger partial charge in [0.05, 0.1) is 11.3 Å². The average molecular weight is 451 g/mol. The number of hydrogen-bond donors (Lipinski definition) is 5. The van der Waals surface area contributed by atoms with E-state index in [0.29, 0.717) is 11.1 Å². The van der Waals surface area contributed by atoms with Gasteiger partial charge in [-0.2, -0.15) is 4.89 Å². The lowest BCUT2D eigenvalue weighted by atomic mass is 10.0. The Balaban J connectivity index is 2.03. The molecule has 0 aliphatic carbocycles. The summed E-state index contributed by atoms with van der Waals surface area (Å²) in [5.41, 5.74) is 6.64. The van der Waals surface area contributed by atoms with Crippen molar-refractivity contribution in [1.82, 2.24) is 4.72 Å². The molecular weight excluding hydrogens is 430 g/mol. The summed E-state index contributed by atoms with van der Waals surface area (Å²) in [6, 6.07) is 10.1. The third kappa shape index (κ3) is 7.37. The Labute approximate surface area is 177 Å². The van der Waals surface area contributed by atoms with Gasteiger partial charge in [0, 0.05) is 17.7 Å². The van der Waals surface area contributed by atoms with Gasteiger partial charge < -0.3 is 20.8 Å². The molecule has 2 aromatic carbocycles. The second kappa shape index (κ2) is 10.5. The van der Waals surface area contributed by atoms with E-state index >= 15 is 0 Å². The first-order chi connectivity index (χ1) is 14.6. The van der Waals surface area contributed by atoms with Gasteiger partial charge in [0.25, 0.3) is 0 Å². The number of nitrogens with one attached hydrogen (secondary N) is 2. The third-order valence-electron chi connectivity index (χ3n) is 3.98. The average Bonchev–Trinajstić information content (AvgIpc) is 2.69. The number of hydrogen-bond acceptors (Lipinski definition) is 7. The van der Waals surface area contributed by atoms with Crippen molar-refractivity contribution < 1.29 is 38.0 Å². The minimum Gasteiger partial charge on any atom is -0.481 e. The molecule has 166 valence electrons. The van der Waals surface area contributed by atoms with Crippen LogP contribution in [0.4, 0.5) is 0 Å². The van der Waals surface area contributed by atoms with E-state index in [1.54, 1.807) is 6.07 Å². The normalized spacial score (nSPS) is 11.1. The quantitative estimate of drug-likeness (QED) is 0.132. The summed E-state index contributed by atoms with van der Waals surface area (Å²) in [5.74, 6) is -2.50. The van der Waals surface area contributed by atoms with Crippen molar-refractivity contribution in [2.75, 3.05) is 13.2 Å². The Morgan fingerprint density at radius 2 is 1.74 bits per heavy atom. The molecule has 0 spiro atoms. The summed E-state index contributed by atoms with van der Waals surface area (Å²) in [7, 11) is -3.79. The summed E-state index contributed by atoms with van der Waals surface area (Å²) in [6.07, 6.45) is -0.137. The van der Waals surface area contributed by atoms with E-state index in [-0.39, 0.29) is 35.0 Å². The number of amidine groups is 1. The van der Waals surface area contributed by atoms with Gasteiger partial charge in [-0.25, -0.2) is 17.9 Å². The van der Waals surface area contributed by atoms with E-state index in [1.807, 2.05) is 0 Å². The highest BCUT2D eigenvalue weighted by molar-refractivity contribution is 7.89. The lowest BCUT2D eigenvalue weighted by Gasteiger charge is -2.11. The number of aliphatic carboxylic acids is 2. The van der Waals surface area contributed by atoms with Crippen molar-refractivity contribution in [3.8, 4) is 5.75 Å². The summed E-state index contributed by atoms with van der Waals surface area (Å²) >= 11 is 0. The van der Waals surface area contributed by atoms with E-state index in [4.69, 9.17) is 26.2 Å². The first kappa shape index (κ1) is 23.8. The first-order valence-corrected chi connectivity index (χ1v) is 10.4. The Bertz CT molecular complexity index is 1070. The summed E-state index contributed by atoms with van der Waals surface area (Å²) in [4.78, 5) is 31.0. The molecule has 0 bridgehead atoms. The molecule has 0 saturated heterocycles. The minimum absolute atomic E-state index is 0.0170. The topological polar surface area (TPSA) is 189 Å². The number of carboxylic acid groups (broad SMARTS) is 2. The maximum absolute atomic E-state index is 12.4. The van der Waals surface area contributed by atoms with Gasteiger partial charge in [0.1, 0.15) is 5.84 Å². The van der Waals surface area contributed by atoms with Gasteiger partial charge in [-0.15, -0.1) is 0 Å². The van der Waals surface area contributed by atoms with E-state index in [2.05, 4.69) is 9.61 Å². The highest BCUT2D eigenvalue weighted by Crippen LogP contribution is 2.22. The molecule has 0 radical (unpaired) electrons. The molecular formula is C19H21N3O8S. The van der Waals surface area contributed by atoms with Crippen LogP contribution in [0.1, 0.15) is 16.7 Å². The Morgan fingerprint density at radius 1 is 1.06 bits per heavy atom. The van der Waals surface area contributed by atoms with Crippen LogP contribution in [0.15, 0.2) is 47.4 Å². The fraction of sp³-hybridized carbons (Fsp3) is 0.211. The molecule has 0 aromatic heterocycles. The van der Waals surface area contributed by atoms with Crippen molar-refractivity contribution >= 4 is 27.8 Å². The zero-order chi connectivity index (χ0) is 23.0. The zero-order valence-electron chi connectivity index (χ0n) is 16.2. The molecule has 0 fully saturated rings. The standard InChI is InChI=1S/C19H21N3O8S/c20-19(21)13-2-4-15(5-3-13)31(27,28)22-8-7-12-1-6-16(30-29-11-18(25)26)14(9-12)10-17(23)24/h1-6,9,22H,7-8,10-11H2,(H3,20,21)(H,23,24)(H,25,26). The Kier molecular flexibility index (Phi) is 8.07. The molecule has 0 heterocycles. The van der Waals surface area contributed by atoms with E-state index < -0.39 is 35.0 Å². The van der Waals surface area contributed by atoms with Crippen LogP contribution in [-0.4, -0.2) is 49.6 Å². The van der Waals surface area contributed by atoms with Gasteiger partial charge in [-0.05, 0) is 42.3 Å². The first-order valence-electron chi connectivity index (χ1n) is 8.87. The minimum atomic E-state index is -3.79. The molecule has 0 saturated carbocycles. The molecule has 0 aliphatic rings. The summed E-state index contributed by atoms with van der Waals surface area (Å²) in [6.45, 7) is -0.678. The number of carboxylic acids is 2. The lowest BCUT2D eigenvalue weighted by molar-refractivity contribution is -0.214. The summed E-state index contributed by atoms with van der Waals surface area (Å²) in [5, 5.41) is 25.0. The highest BCUT2D eigenvalue weighted by Gasteiger charge is 2.15. The smallest absolute Gasteiger partial charge is 0.334 e. The number of rotatable bonds is 12. The van der Waals surface area contributed by atoms with Crippen LogP contribution < -0.4 is 15.3 Å². The largest absolute Gasteiger partial charge is 0.481 e. The maximum Gasteiger partial charge on any atom is 0.334 e. The number of sulfonamides is 1. The van der Waals surface area contributed by atoms with Crippen LogP contribution in [0.3, 0.4) is 0 Å². The molecule has 0 unspecified atom stereocenters. The van der Waals surface area contributed by atoms with E-state index in [1.165, 1.54) is 36.4 Å². The fourth-order valence-electron chi connectivity index (χ4n) is 2.54. The lowest BCUT2D eigenvalue weighted by Crippen LogP contribution is -2.26. The van der Waals surface area contributed by atoms with Crippen molar-refractivity contribution in [2.45, 2.75) is 17.7 Å². The second-order valence-corrected chi connectivity index (χ2v) is 8.10. The molecule has 2 aromatic rings. The van der Waals surface area contributed by atoms with Gasteiger partial charge >= 0.3 is 11.9 Å². The maximum atomic E-state index is 12.4. The number of nitrogens with two attached hydrogens (primary N) is 1. The Hall–Kier alpha value is -3.48. The number of carbonyl (C=O) groups is 2. The van der Waals surface area contributed by atoms with Crippen LogP contribution in [-0.2, 0) is 37.3 Å². The van der Waals surface area contributed by atoms with Crippen LogP contribution in [0.25, 0.3) is 0 Å². The predicted molar refractivity (Wildman–Crippen MR) is 108 cm³/mol. The fourth-order valence-corrected chi connectivity index (χ4v) is 3.57. The van der Waals surface area contributed by atoms with Crippen LogP contribution >= 0.6 is 0 Å². The van der Waals surface area contributed by atoms with Crippen molar-refractivity contribution in [2.24, 2.45) is 5.73 Å². The molecule has 6 N–H and O–H groups in total. The molecule has 31 heavy (non-hydrogen) atoms. The molecule has 11 nitrogen and oxygen atoms in total. The summed E-state index contributed by atoms with van der Waals surface area (Å²) < 4.78 is 27.2. The van der Waals surface area contributed by atoms with Gasteiger partial charge in [0.15, 0.2) is 12.4 Å². The number of nitrogen functional groups attached to an aromatic ring is 1. The third-order valence-corrected chi connectivity index (χ3v) is 5.46. The predicted octanol–water partition coefficient (Wildman–Crippen LogP) is 0.514. The second-order valence-electron chi connectivity index (χ2n) is 6.34.